The van der Waals surface area contributed by atoms with E-state index in [9.17, 15) is 9.59 Å². The molecule has 8 heteroatoms. The summed E-state index contributed by atoms with van der Waals surface area (Å²) in [6.45, 7) is 6.06. The zero-order valence-electron chi connectivity index (χ0n) is 19.4. The van der Waals surface area contributed by atoms with Gasteiger partial charge >= 0.3 is 0 Å². The number of H-pyrrole nitrogens is 1. The predicted octanol–water partition coefficient (Wildman–Crippen LogP) is 4.40. The highest BCUT2D eigenvalue weighted by Gasteiger charge is 2.20. The summed E-state index contributed by atoms with van der Waals surface area (Å²) < 4.78 is 5.31. The van der Waals surface area contributed by atoms with Crippen LogP contribution in [0.25, 0.3) is 22.2 Å². The number of aromatic amines is 1. The van der Waals surface area contributed by atoms with E-state index in [0.29, 0.717) is 22.9 Å². The zero-order chi connectivity index (χ0) is 23.8. The second-order valence-electron chi connectivity index (χ2n) is 9.29. The average molecular weight is 446 g/mol. The molecule has 1 aromatic carbocycles. The Balaban J connectivity index is 1.44. The van der Waals surface area contributed by atoms with Crippen molar-refractivity contribution in [3.63, 3.8) is 0 Å². The number of hydrogen-bond acceptors (Lipinski definition) is 5. The van der Waals surface area contributed by atoms with Crippen LogP contribution < -0.4 is 5.32 Å². The monoisotopic (exact) mass is 445 g/mol. The van der Waals surface area contributed by atoms with E-state index in [-0.39, 0.29) is 23.7 Å². The van der Waals surface area contributed by atoms with Crippen molar-refractivity contribution >= 4 is 28.7 Å². The van der Waals surface area contributed by atoms with Gasteiger partial charge in [-0.1, -0.05) is 50.2 Å². The Hall–Kier alpha value is -3.94. The van der Waals surface area contributed by atoms with Crippen LogP contribution >= 0.6 is 0 Å². The lowest BCUT2D eigenvalue weighted by Crippen LogP contribution is -2.21. The average Bonchev–Trinajstić information content (AvgIpc) is 3.40. The third kappa shape index (κ3) is 4.95. The maximum absolute atomic E-state index is 12.4. The van der Waals surface area contributed by atoms with Crippen LogP contribution in [-0.2, 0) is 16.6 Å². The van der Waals surface area contributed by atoms with Gasteiger partial charge in [-0.05, 0) is 23.3 Å². The molecule has 0 atom stereocenters. The van der Waals surface area contributed by atoms with Gasteiger partial charge in [0, 0.05) is 42.7 Å². The highest BCUT2D eigenvalue weighted by atomic mass is 16.5. The van der Waals surface area contributed by atoms with E-state index in [1.54, 1.807) is 26.4 Å². The van der Waals surface area contributed by atoms with Gasteiger partial charge in [0.2, 0.25) is 5.91 Å². The highest BCUT2D eigenvalue weighted by molar-refractivity contribution is 5.97. The van der Waals surface area contributed by atoms with Crippen molar-refractivity contribution in [1.82, 2.24) is 20.0 Å². The summed E-state index contributed by atoms with van der Waals surface area (Å²) in [4.78, 5) is 33.6. The van der Waals surface area contributed by atoms with Crippen LogP contribution in [0, 0.1) is 0 Å². The van der Waals surface area contributed by atoms with Crippen molar-refractivity contribution < 1.29 is 14.1 Å². The number of rotatable bonds is 5. The molecule has 0 aliphatic rings. The van der Waals surface area contributed by atoms with Gasteiger partial charge in [-0.15, -0.1) is 0 Å². The quantitative estimate of drug-likeness (QED) is 0.474. The molecule has 0 spiro atoms. The van der Waals surface area contributed by atoms with Crippen LogP contribution in [0.4, 0.5) is 5.82 Å². The number of nitrogens with one attached hydrogen (secondary N) is 2. The van der Waals surface area contributed by atoms with Gasteiger partial charge < -0.3 is 19.7 Å². The van der Waals surface area contributed by atoms with Crippen LogP contribution in [-0.4, -0.2) is 45.9 Å². The molecule has 0 radical (unpaired) electrons. The Kier molecular flexibility index (Phi) is 5.76. The zero-order valence-corrected chi connectivity index (χ0v) is 19.4. The molecule has 4 rings (SSSR count). The van der Waals surface area contributed by atoms with Gasteiger partial charge in [-0.3, -0.25) is 9.59 Å². The number of hydrogen-bond donors (Lipinski definition) is 2. The summed E-state index contributed by atoms with van der Waals surface area (Å²) in [6.07, 6.45) is 1.99. The first-order chi connectivity index (χ1) is 15.6. The van der Waals surface area contributed by atoms with Gasteiger partial charge in [-0.2, -0.15) is 0 Å². The molecule has 0 saturated heterocycles. The maximum atomic E-state index is 12.4. The molecule has 0 fully saturated rings. The molecule has 33 heavy (non-hydrogen) atoms. The SMILES string of the molecule is CN(C)C(=O)c1cc2cc(-c3ccc(CC(=O)Nc4cc(C(C)(C)C)on4)cc3)cnc2[nH]1. The molecule has 0 aliphatic carbocycles. The van der Waals surface area contributed by atoms with Crippen molar-refractivity contribution in [3.05, 3.63) is 65.7 Å². The fraction of sp³-hybridized carbons (Fsp3) is 0.280. The highest BCUT2D eigenvalue weighted by Crippen LogP contribution is 2.25. The van der Waals surface area contributed by atoms with Crippen molar-refractivity contribution in [2.45, 2.75) is 32.6 Å². The third-order valence-corrected chi connectivity index (χ3v) is 5.28. The maximum Gasteiger partial charge on any atom is 0.269 e. The van der Waals surface area contributed by atoms with E-state index in [2.05, 4.69) is 20.4 Å². The van der Waals surface area contributed by atoms with Gasteiger partial charge in [0.15, 0.2) is 5.82 Å². The first-order valence-electron chi connectivity index (χ1n) is 10.7. The van der Waals surface area contributed by atoms with Crippen molar-refractivity contribution in [2.75, 3.05) is 19.4 Å². The fourth-order valence-electron chi connectivity index (χ4n) is 3.40. The minimum Gasteiger partial charge on any atom is -0.359 e. The molecule has 0 aliphatic heterocycles. The van der Waals surface area contributed by atoms with Crippen LogP contribution in [0.15, 0.2) is 53.2 Å². The Bertz CT molecular complexity index is 1310. The Morgan fingerprint density at radius 2 is 1.79 bits per heavy atom. The molecular formula is C25H27N5O3. The molecule has 0 saturated carbocycles. The van der Waals surface area contributed by atoms with E-state index < -0.39 is 0 Å². The molecule has 0 unspecified atom stereocenters. The van der Waals surface area contributed by atoms with Gasteiger partial charge in [0.25, 0.3) is 5.91 Å². The largest absolute Gasteiger partial charge is 0.359 e. The second-order valence-corrected chi connectivity index (χ2v) is 9.29. The molecule has 3 aromatic heterocycles. The van der Waals surface area contributed by atoms with Crippen molar-refractivity contribution in [2.24, 2.45) is 0 Å². The van der Waals surface area contributed by atoms with Crippen LogP contribution in [0.5, 0.6) is 0 Å². The summed E-state index contributed by atoms with van der Waals surface area (Å²) >= 11 is 0. The molecule has 8 nitrogen and oxygen atoms in total. The number of nitrogens with zero attached hydrogens (tertiary/aromatic N) is 3. The normalized spacial score (nSPS) is 11.5. The second kappa shape index (κ2) is 8.54. The van der Waals surface area contributed by atoms with E-state index in [1.165, 1.54) is 4.90 Å². The number of amides is 2. The number of carbonyl (C=O) groups is 2. The number of aromatic nitrogens is 3. The molecule has 170 valence electrons. The standard InChI is InChI=1S/C25H27N5O3/c1-25(2,3)20-13-21(29-33-20)28-22(31)10-15-6-8-16(9-7-15)18-11-17-12-19(24(32)30(4)5)27-23(17)26-14-18/h6-9,11-14H,10H2,1-5H3,(H,26,27)(H,28,29,31). The number of anilines is 1. The summed E-state index contributed by atoms with van der Waals surface area (Å²) in [5.74, 6) is 0.871. The summed E-state index contributed by atoms with van der Waals surface area (Å²) in [6, 6.07) is 13.3. The van der Waals surface area contributed by atoms with Gasteiger partial charge in [0.05, 0.1) is 6.42 Å². The van der Waals surface area contributed by atoms with Crippen LogP contribution in [0.3, 0.4) is 0 Å². The molecular weight excluding hydrogens is 418 g/mol. The lowest BCUT2D eigenvalue weighted by molar-refractivity contribution is -0.115. The number of pyridine rings is 1. The Labute approximate surface area is 192 Å². The van der Waals surface area contributed by atoms with E-state index in [4.69, 9.17) is 4.52 Å². The number of fused-ring (bicyclic) bond motifs is 1. The van der Waals surface area contributed by atoms with Crippen LogP contribution in [0.1, 0.15) is 42.6 Å². The Morgan fingerprint density at radius 3 is 2.42 bits per heavy atom. The van der Waals surface area contributed by atoms with Crippen LogP contribution in [0.2, 0.25) is 0 Å². The third-order valence-electron chi connectivity index (χ3n) is 5.28. The lowest BCUT2D eigenvalue weighted by atomic mass is 9.93. The lowest BCUT2D eigenvalue weighted by Gasteiger charge is -2.12. The molecule has 2 N–H and O–H groups in total. The minimum atomic E-state index is -0.173. The first kappa shape index (κ1) is 22.3. The smallest absolute Gasteiger partial charge is 0.269 e. The fourth-order valence-corrected chi connectivity index (χ4v) is 3.40. The number of benzene rings is 1. The topological polar surface area (TPSA) is 104 Å². The first-order valence-corrected chi connectivity index (χ1v) is 10.7. The minimum absolute atomic E-state index is 0.0996. The molecule has 4 aromatic rings. The summed E-state index contributed by atoms with van der Waals surface area (Å²) in [7, 11) is 3.42. The van der Waals surface area contributed by atoms with E-state index in [0.717, 1.165) is 22.1 Å². The molecule has 2 amide bonds. The summed E-state index contributed by atoms with van der Waals surface area (Å²) in [5, 5.41) is 7.57. The molecule has 0 bridgehead atoms. The van der Waals surface area contributed by atoms with Crippen molar-refractivity contribution in [1.29, 1.82) is 0 Å². The predicted molar refractivity (Wildman–Crippen MR) is 127 cm³/mol. The molecule has 3 heterocycles. The summed E-state index contributed by atoms with van der Waals surface area (Å²) in [5.41, 5.74) is 3.78. The van der Waals surface area contributed by atoms with E-state index >= 15 is 0 Å². The van der Waals surface area contributed by atoms with Gasteiger partial charge in [-0.25, -0.2) is 4.98 Å². The van der Waals surface area contributed by atoms with Gasteiger partial charge in [0.1, 0.15) is 17.1 Å². The number of carbonyl (C=O) groups excluding carboxylic acids is 2. The Morgan fingerprint density at radius 1 is 1.06 bits per heavy atom. The van der Waals surface area contributed by atoms with Crippen molar-refractivity contribution in [3.8, 4) is 11.1 Å². The van der Waals surface area contributed by atoms with E-state index in [1.807, 2.05) is 57.2 Å².